The molecular weight excluding hydrogens is 282 g/mol. The summed E-state index contributed by atoms with van der Waals surface area (Å²) >= 11 is 0. The number of ether oxygens (including phenoxy) is 1. The lowest BCUT2D eigenvalue weighted by atomic mass is 9.91. The normalized spacial score (nSPS) is 34.9. The Morgan fingerprint density at radius 1 is 1.27 bits per heavy atom. The monoisotopic (exact) mass is 301 g/mol. The van der Waals surface area contributed by atoms with E-state index in [1.807, 2.05) is 12.1 Å². The van der Waals surface area contributed by atoms with Gasteiger partial charge in [-0.2, -0.15) is 0 Å². The zero-order valence-electron chi connectivity index (χ0n) is 12.2. The molecule has 0 aromatic heterocycles. The molecule has 4 atom stereocenters. The molecule has 116 valence electrons. The second-order valence-electron chi connectivity index (χ2n) is 6.81. The number of carboxylic acid groups (broad SMARTS) is 1. The van der Waals surface area contributed by atoms with Gasteiger partial charge in [0.15, 0.2) is 0 Å². The number of esters is 1. The van der Waals surface area contributed by atoms with Crippen molar-refractivity contribution in [1.29, 1.82) is 0 Å². The average Bonchev–Trinajstić information content (AvgIpc) is 2.87. The van der Waals surface area contributed by atoms with Gasteiger partial charge in [-0.05, 0) is 61.3 Å². The van der Waals surface area contributed by atoms with Crippen molar-refractivity contribution >= 4 is 11.9 Å². The van der Waals surface area contributed by atoms with Crippen LogP contribution in [0, 0.1) is 17.8 Å². The van der Waals surface area contributed by atoms with Crippen LogP contribution < -0.4 is 10.5 Å². The second kappa shape index (κ2) is 4.56. The Kier molecular flexibility index (Phi) is 2.85. The van der Waals surface area contributed by atoms with Crippen LogP contribution >= 0.6 is 0 Å². The van der Waals surface area contributed by atoms with Crippen LogP contribution in [0.25, 0.3) is 0 Å². The van der Waals surface area contributed by atoms with E-state index in [-0.39, 0.29) is 11.8 Å². The van der Waals surface area contributed by atoms with Crippen molar-refractivity contribution in [2.24, 2.45) is 23.5 Å². The molecule has 4 rings (SSSR count). The molecule has 0 amide bonds. The van der Waals surface area contributed by atoms with Crippen molar-refractivity contribution in [3.8, 4) is 5.75 Å². The smallest absolute Gasteiger partial charge is 0.331 e. The van der Waals surface area contributed by atoms with Crippen molar-refractivity contribution in [1.82, 2.24) is 0 Å². The topological polar surface area (TPSA) is 89.6 Å². The molecule has 22 heavy (non-hydrogen) atoms. The van der Waals surface area contributed by atoms with Gasteiger partial charge in [-0.15, -0.1) is 0 Å². The molecule has 4 unspecified atom stereocenters. The van der Waals surface area contributed by atoms with E-state index in [0.29, 0.717) is 18.6 Å². The highest BCUT2D eigenvalue weighted by molar-refractivity contribution is 5.87. The molecule has 1 aromatic carbocycles. The highest BCUT2D eigenvalue weighted by Gasteiger charge is 2.70. The first-order valence-corrected chi connectivity index (χ1v) is 7.86. The van der Waals surface area contributed by atoms with Crippen LogP contribution in [0.2, 0.25) is 0 Å². The van der Waals surface area contributed by atoms with Crippen LogP contribution in [-0.2, 0) is 22.4 Å². The van der Waals surface area contributed by atoms with Crippen molar-refractivity contribution < 1.29 is 19.4 Å². The second-order valence-corrected chi connectivity index (χ2v) is 6.81. The summed E-state index contributed by atoms with van der Waals surface area (Å²) in [7, 11) is 0. The summed E-state index contributed by atoms with van der Waals surface area (Å²) in [6.07, 6.45) is 4.43. The third-order valence-corrected chi connectivity index (χ3v) is 5.60. The molecule has 0 aliphatic heterocycles. The van der Waals surface area contributed by atoms with Gasteiger partial charge in [0.2, 0.25) is 0 Å². The van der Waals surface area contributed by atoms with E-state index in [0.717, 1.165) is 19.3 Å². The average molecular weight is 301 g/mol. The zero-order valence-corrected chi connectivity index (χ0v) is 12.2. The van der Waals surface area contributed by atoms with Gasteiger partial charge in [0.25, 0.3) is 0 Å². The standard InChI is InChI=1S/C17H19NO4/c18-17(7-6-12-13(14(12)17)15(19)20)16(21)22-11-5-4-9-2-1-3-10(9)8-11/h4-5,8,12-14H,1-3,6-7,18H2,(H,19,20). The Labute approximate surface area is 128 Å². The Hall–Kier alpha value is -1.88. The van der Waals surface area contributed by atoms with Gasteiger partial charge in [-0.3, -0.25) is 4.79 Å². The number of aliphatic carboxylic acids is 1. The highest BCUT2D eigenvalue weighted by Crippen LogP contribution is 2.61. The maximum atomic E-state index is 12.5. The van der Waals surface area contributed by atoms with Gasteiger partial charge < -0.3 is 15.6 Å². The number of aryl methyl sites for hydroxylation is 2. The summed E-state index contributed by atoms with van der Waals surface area (Å²) in [5, 5.41) is 9.16. The number of nitrogens with two attached hydrogens (primary N) is 1. The largest absolute Gasteiger partial charge is 0.481 e. The summed E-state index contributed by atoms with van der Waals surface area (Å²) in [5.74, 6) is -1.53. The first-order chi connectivity index (χ1) is 10.5. The summed E-state index contributed by atoms with van der Waals surface area (Å²) in [4.78, 5) is 23.7. The minimum absolute atomic E-state index is 0.0371. The number of fused-ring (bicyclic) bond motifs is 2. The minimum Gasteiger partial charge on any atom is -0.481 e. The number of carbonyl (C=O) groups is 2. The van der Waals surface area contributed by atoms with Gasteiger partial charge in [0.1, 0.15) is 11.3 Å². The third-order valence-electron chi connectivity index (χ3n) is 5.60. The molecule has 0 spiro atoms. The Morgan fingerprint density at radius 3 is 2.77 bits per heavy atom. The van der Waals surface area contributed by atoms with Crippen LogP contribution in [0.3, 0.4) is 0 Å². The lowest BCUT2D eigenvalue weighted by Gasteiger charge is -2.24. The fourth-order valence-corrected chi connectivity index (χ4v) is 4.40. The third kappa shape index (κ3) is 1.88. The highest BCUT2D eigenvalue weighted by atomic mass is 16.5. The van der Waals surface area contributed by atoms with Gasteiger partial charge in [0.05, 0.1) is 5.92 Å². The van der Waals surface area contributed by atoms with E-state index < -0.39 is 23.4 Å². The Morgan fingerprint density at radius 2 is 2.05 bits per heavy atom. The summed E-state index contributed by atoms with van der Waals surface area (Å²) in [5.41, 5.74) is 7.64. The molecule has 3 N–H and O–H groups in total. The first kappa shape index (κ1) is 13.8. The summed E-state index contributed by atoms with van der Waals surface area (Å²) in [6.45, 7) is 0. The van der Waals surface area contributed by atoms with Crippen LogP contribution in [0.4, 0.5) is 0 Å². The van der Waals surface area contributed by atoms with Crippen LogP contribution in [0.15, 0.2) is 18.2 Å². The van der Waals surface area contributed by atoms with E-state index in [1.165, 1.54) is 11.1 Å². The Bertz CT molecular complexity index is 671. The van der Waals surface area contributed by atoms with E-state index in [2.05, 4.69) is 0 Å². The number of carboxylic acids is 1. The maximum Gasteiger partial charge on any atom is 0.331 e. The molecule has 0 saturated heterocycles. The van der Waals surface area contributed by atoms with Gasteiger partial charge in [-0.1, -0.05) is 6.07 Å². The van der Waals surface area contributed by atoms with Gasteiger partial charge in [0, 0.05) is 5.92 Å². The summed E-state index contributed by atoms with van der Waals surface area (Å²) < 4.78 is 5.49. The number of benzene rings is 1. The van der Waals surface area contributed by atoms with Crippen molar-refractivity contribution in [3.05, 3.63) is 29.3 Å². The number of hydrogen-bond acceptors (Lipinski definition) is 4. The fourth-order valence-electron chi connectivity index (χ4n) is 4.40. The SMILES string of the molecule is NC1(C(=O)Oc2ccc3c(c2)CCC3)CCC2C(C(=O)O)C21. The molecule has 0 bridgehead atoms. The molecular formula is C17H19NO4. The van der Waals surface area contributed by atoms with E-state index in [9.17, 15) is 9.59 Å². The molecule has 3 aliphatic rings. The van der Waals surface area contributed by atoms with E-state index in [1.54, 1.807) is 6.07 Å². The zero-order chi connectivity index (χ0) is 15.5. The molecule has 0 heterocycles. The Balaban J connectivity index is 1.52. The van der Waals surface area contributed by atoms with Crippen molar-refractivity contribution in [3.63, 3.8) is 0 Å². The maximum absolute atomic E-state index is 12.5. The predicted octanol–water partition coefficient (Wildman–Crippen LogP) is 1.52. The molecule has 3 aliphatic carbocycles. The fraction of sp³-hybridized carbons (Fsp3) is 0.529. The number of hydrogen-bond donors (Lipinski definition) is 2. The molecule has 5 heteroatoms. The summed E-state index contributed by atoms with van der Waals surface area (Å²) in [6, 6.07) is 5.72. The van der Waals surface area contributed by atoms with E-state index >= 15 is 0 Å². The molecule has 1 aromatic rings. The number of rotatable bonds is 3. The van der Waals surface area contributed by atoms with Crippen LogP contribution in [0.1, 0.15) is 30.4 Å². The van der Waals surface area contributed by atoms with Gasteiger partial charge in [-0.25, -0.2) is 4.79 Å². The minimum atomic E-state index is -1.15. The van der Waals surface area contributed by atoms with Crippen LogP contribution in [-0.4, -0.2) is 22.6 Å². The first-order valence-electron chi connectivity index (χ1n) is 7.86. The quantitative estimate of drug-likeness (QED) is 0.652. The van der Waals surface area contributed by atoms with Gasteiger partial charge >= 0.3 is 11.9 Å². The van der Waals surface area contributed by atoms with E-state index in [4.69, 9.17) is 15.6 Å². The molecule has 2 fully saturated rings. The molecule has 2 saturated carbocycles. The predicted molar refractivity (Wildman–Crippen MR) is 78.4 cm³/mol. The van der Waals surface area contributed by atoms with Crippen LogP contribution in [0.5, 0.6) is 5.75 Å². The molecule has 5 nitrogen and oxygen atoms in total. The van der Waals surface area contributed by atoms with Crippen molar-refractivity contribution in [2.75, 3.05) is 0 Å². The van der Waals surface area contributed by atoms with Crippen molar-refractivity contribution in [2.45, 2.75) is 37.6 Å². The number of carbonyl (C=O) groups excluding carboxylic acids is 1. The lowest BCUT2D eigenvalue weighted by Crippen LogP contribution is -2.51. The lowest BCUT2D eigenvalue weighted by molar-refractivity contribution is -0.143. The molecule has 0 radical (unpaired) electrons.